The molecule has 1 aromatic rings. The van der Waals surface area contributed by atoms with Gasteiger partial charge >= 0.3 is 0 Å². The van der Waals surface area contributed by atoms with Crippen LogP contribution in [-0.4, -0.2) is 53.9 Å². The summed E-state index contributed by atoms with van der Waals surface area (Å²) in [5, 5.41) is 5.49. The van der Waals surface area contributed by atoms with Crippen LogP contribution in [0.2, 0.25) is 0 Å². The number of nitrogens with two attached hydrogens (primary N) is 1. The molecule has 0 spiro atoms. The van der Waals surface area contributed by atoms with Crippen LogP contribution in [0.4, 0.5) is 5.69 Å². The van der Waals surface area contributed by atoms with E-state index in [1.807, 2.05) is 44.7 Å². The number of hydrogen-bond acceptors (Lipinski definition) is 5. The molecular weight excluding hydrogens is 348 g/mol. The Morgan fingerprint density at radius 3 is 2.62 bits per heavy atom. The van der Waals surface area contributed by atoms with Crippen molar-refractivity contribution < 1.29 is 9.59 Å². The Hall–Kier alpha value is -1.57. The average Bonchev–Trinajstić information content (AvgIpc) is 2.62. The fourth-order valence-electron chi connectivity index (χ4n) is 2.70. The van der Waals surface area contributed by atoms with Crippen LogP contribution in [0.15, 0.2) is 18.2 Å². The largest absolute Gasteiger partial charge is 0.346 e. The number of carbonyl (C=O) groups excluding carboxylic acids is 2. The van der Waals surface area contributed by atoms with Crippen LogP contribution in [-0.2, 0) is 16.1 Å². The highest BCUT2D eigenvalue weighted by molar-refractivity contribution is 7.99. The van der Waals surface area contributed by atoms with Gasteiger partial charge in [-0.2, -0.15) is 11.8 Å². The molecule has 0 aromatic heterocycles. The highest BCUT2D eigenvalue weighted by atomic mass is 32.2. The standard InChI is InChI=1S/C19H30N4O2S/c1-13(2)18(20)19(25)21-11-17(24)22-16-10-15(5-4-14(16)3)12-23-6-8-26-9-7-23/h4-5,10,13,18H,6-9,11-12,20H2,1-3H3,(H,21,25)(H,22,24)/t18-/m0/s1. The zero-order valence-corrected chi connectivity index (χ0v) is 16.7. The van der Waals surface area contributed by atoms with Crippen LogP contribution in [0, 0.1) is 12.8 Å². The van der Waals surface area contributed by atoms with Crippen molar-refractivity contribution in [2.75, 3.05) is 36.5 Å². The van der Waals surface area contributed by atoms with Gasteiger partial charge in [-0.15, -0.1) is 0 Å². The average molecular weight is 379 g/mol. The highest BCUT2D eigenvalue weighted by Gasteiger charge is 2.18. The molecule has 144 valence electrons. The maximum absolute atomic E-state index is 12.2. The molecule has 2 amide bonds. The Labute approximate surface area is 160 Å². The molecule has 1 fully saturated rings. The Balaban J connectivity index is 1.90. The second kappa shape index (κ2) is 9.94. The predicted octanol–water partition coefficient (Wildman–Crippen LogP) is 1.58. The van der Waals surface area contributed by atoms with Gasteiger partial charge in [0.1, 0.15) is 0 Å². The second-order valence-electron chi connectivity index (χ2n) is 7.07. The lowest BCUT2D eigenvalue weighted by atomic mass is 10.1. The van der Waals surface area contributed by atoms with E-state index in [0.717, 1.165) is 30.9 Å². The fourth-order valence-corrected chi connectivity index (χ4v) is 3.68. The number of amides is 2. The molecule has 7 heteroatoms. The van der Waals surface area contributed by atoms with E-state index in [-0.39, 0.29) is 24.3 Å². The lowest BCUT2D eigenvalue weighted by molar-refractivity contribution is -0.125. The molecule has 4 N–H and O–H groups in total. The molecule has 2 rings (SSSR count). The summed E-state index contributed by atoms with van der Waals surface area (Å²) in [4.78, 5) is 26.5. The van der Waals surface area contributed by atoms with Crippen molar-refractivity contribution in [2.45, 2.75) is 33.4 Å². The van der Waals surface area contributed by atoms with Gasteiger partial charge in [0.05, 0.1) is 12.6 Å². The number of nitrogens with one attached hydrogen (secondary N) is 2. The molecule has 0 unspecified atom stereocenters. The summed E-state index contributed by atoms with van der Waals surface area (Å²) in [6, 6.07) is 5.56. The summed E-state index contributed by atoms with van der Waals surface area (Å²) in [7, 11) is 0. The summed E-state index contributed by atoms with van der Waals surface area (Å²) < 4.78 is 0. The van der Waals surface area contributed by atoms with E-state index in [2.05, 4.69) is 21.6 Å². The molecule has 1 aliphatic rings. The highest BCUT2D eigenvalue weighted by Crippen LogP contribution is 2.19. The second-order valence-corrected chi connectivity index (χ2v) is 8.30. The lowest BCUT2D eigenvalue weighted by Gasteiger charge is -2.26. The first-order chi connectivity index (χ1) is 12.4. The van der Waals surface area contributed by atoms with Crippen LogP contribution in [0.5, 0.6) is 0 Å². The van der Waals surface area contributed by atoms with Crippen molar-refractivity contribution >= 4 is 29.3 Å². The monoisotopic (exact) mass is 378 g/mol. The quantitative estimate of drug-likeness (QED) is 0.671. The van der Waals surface area contributed by atoms with Crippen molar-refractivity contribution in [1.82, 2.24) is 10.2 Å². The number of nitrogens with zero attached hydrogens (tertiary/aromatic N) is 1. The van der Waals surface area contributed by atoms with E-state index in [4.69, 9.17) is 5.73 Å². The van der Waals surface area contributed by atoms with Gasteiger partial charge in [0.15, 0.2) is 0 Å². The Kier molecular flexibility index (Phi) is 7.93. The van der Waals surface area contributed by atoms with Gasteiger partial charge in [0.25, 0.3) is 0 Å². The number of anilines is 1. The third-order valence-corrected chi connectivity index (χ3v) is 5.47. The van der Waals surface area contributed by atoms with Gasteiger partial charge in [-0.3, -0.25) is 14.5 Å². The van der Waals surface area contributed by atoms with Gasteiger partial charge in [-0.25, -0.2) is 0 Å². The molecule has 0 saturated carbocycles. The van der Waals surface area contributed by atoms with E-state index in [0.29, 0.717) is 0 Å². The minimum Gasteiger partial charge on any atom is -0.346 e. The first kappa shape index (κ1) is 20.7. The maximum atomic E-state index is 12.2. The van der Waals surface area contributed by atoms with Crippen molar-refractivity contribution in [3.8, 4) is 0 Å². The Morgan fingerprint density at radius 1 is 1.27 bits per heavy atom. The molecule has 1 atom stereocenters. The van der Waals surface area contributed by atoms with E-state index in [1.165, 1.54) is 17.1 Å². The molecule has 6 nitrogen and oxygen atoms in total. The lowest BCUT2D eigenvalue weighted by Crippen LogP contribution is -2.46. The minimum atomic E-state index is -0.601. The summed E-state index contributed by atoms with van der Waals surface area (Å²) >= 11 is 1.99. The molecule has 0 aliphatic carbocycles. The van der Waals surface area contributed by atoms with Crippen molar-refractivity contribution in [3.05, 3.63) is 29.3 Å². The maximum Gasteiger partial charge on any atom is 0.243 e. The van der Waals surface area contributed by atoms with Crippen molar-refractivity contribution in [2.24, 2.45) is 11.7 Å². The molecule has 26 heavy (non-hydrogen) atoms. The van der Waals surface area contributed by atoms with Gasteiger partial charge < -0.3 is 16.4 Å². The third kappa shape index (κ3) is 6.30. The Morgan fingerprint density at radius 2 is 1.96 bits per heavy atom. The molecule has 1 aromatic carbocycles. The first-order valence-electron chi connectivity index (χ1n) is 9.09. The van der Waals surface area contributed by atoms with Crippen LogP contribution in [0.25, 0.3) is 0 Å². The topological polar surface area (TPSA) is 87.5 Å². The number of aryl methyl sites for hydroxylation is 1. The van der Waals surface area contributed by atoms with E-state index >= 15 is 0 Å². The molecule has 1 aliphatic heterocycles. The molecule has 1 saturated heterocycles. The third-order valence-electron chi connectivity index (χ3n) is 4.53. The summed E-state index contributed by atoms with van der Waals surface area (Å²) in [6.07, 6.45) is 0. The molecule has 0 bridgehead atoms. The summed E-state index contributed by atoms with van der Waals surface area (Å²) in [5.74, 6) is 1.83. The van der Waals surface area contributed by atoms with Crippen molar-refractivity contribution in [1.29, 1.82) is 0 Å². The van der Waals surface area contributed by atoms with E-state index in [1.54, 1.807) is 0 Å². The molecular formula is C19H30N4O2S. The minimum absolute atomic E-state index is 0.0326. The SMILES string of the molecule is Cc1ccc(CN2CCSCC2)cc1NC(=O)CNC(=O)[C@@H](N)C(C)C. The fraction of sp³-hybridized carbons (Fsp3) is 0.579. The van der Waals surface area contributed by atoms with E-state index < -0.39 is 6.04 Å². The molecule has 0 radical (unpaired) electrons. The molecule has 1 heterocycles. The number of carbonyl (C=O) groups is 2. The van der Waals surface area contributed by atoms with Crippen LogP contribution in [0.3, 0.4) is 0 Å². The number of thioether (sulfide) groups is 1. The Bertz CT molecular complexity index is 630. The smallest absolute Gasteiger partial charge is 0.243 e. The number of hydrogen-bond donors (Lipinski definition) is 3. The van der Waals surface area contributed by atoms with Gasteiger partial charge in [-0.1, -0.05) is 26.0 Å². The normalized spacial score (nSPS) is 16.3. The van der Waals surface area contributed by atoms with Gasteiger partial charge in [0, 0.05) is 36.8 Å². The first-order valence-corrected chi connectivity index (χ1v) is 10.2. The zero-order chi connectivity index (χ0) is 19.1. The summed E-state index contributed by atoms with van der Waals surface area (Å²) in [6.45, 7) is 8.73. The van der Waals surface area contributed by atoms with Crippen LogP contribution < -0.4 is 16.4 Å². The predicted molar refractivity (Wildman–Crippen MR) is 108 cm³/mol. The van der Waals surface area contributed by atoms with Gasteiger partial charge in [-0.05, 0) is 30.0 Å². The summed E-state index contributed by atoms with van der Waals surface area (Å²) in [5.41, 5.74) is 8.76. The van der Waals surface area contributed by atoms with Crippen molar-refractivity contribution in [3.63, 3.8) is 0 Å². The number of rotatable bonds is 7. The number of benzene rings is 1. The zero-order valence-electron chi connectivity index (χ0n) is 15.9. The van der Waals surface area contributed by atoms with Crippen LogP contribution in [0.1, 0.15) is 25.0 Å². The van der Waals surface area contributed by atoms with Crippen LogP contribution >= 0.6 is 11.8 Å². The van der Waals surface area contributed by atoms with Gasteiger partial charge in [0.2, 0.25) is 11.8 Å². The van der Waals surface area contributed by atoms with E-state index in [9.17, 15) is 9.59 Å².